The number of benzene rings is 1. The van der Waals surface area contributed by atoms with Gasteiger partial charge in [-0.15, -0.1) is 11.6 Å². The number of halogens is 1. The summed E-state index contributed by atoms with van der Waals surface area (Å²) < 4.78 is 16.1. The van der Waals surface area contributed by atoms with Gasteiger partial charge in [0, 0.05) is 30.3 Å². The van der Waals surface area contributed by atoms with Gasteiger partial charge in [-0.3, -0.25) is 4.98 Å². The molecule has 1 heterocycles. The van der Waals surface area contributed by atoms with Crippen LogP contribution in [0.5, 0.6) is 23.0 Å². The number of alkyl halides is 1. The molecule has 0 bridgehead atoms. The summed E-state index contributed by atoms with van der Waals surface area (Å²) in [6, 6.07) is 7.16. The van der Waals surface area contributed by atoms with Crippen LogP contribution in [0.4, 0.5) is 0 Å². The molecule has 100 valence electrons. The predicted molar refractivity (Wildman–Crippen MR) is 73.4 cm³/mol. The van der Waals surface area contributed by atoms with Crippen molar-refractivity contribution in [2.24, 2.45) is 0 Å². The molecular weight excluding hydrogens is 266 g/mol. The quantitative estimate of drug-likeness (QED) is 0.784. The van der Waals surface area contributed by atoms with E-state index in [0.29, 0.717) is 28.9 Å². The number of pyridine rings is 1. The van der Waals surface area contributed by atoms with Gasteiger partial charge in [-0.05, 0) is 11.6 Å². The number of hydrogen-bond donors (Lipinski definition) is 0. The fourth-order valence-electron chi connectivity index (χ4n) is 1.57. The van der Waals surface area contributed by atoms with Crippen LogP contribution in [-0.2, 0) is 5.88 Å². The zero-order valence-corrected chi connectivity index (χ0v) is 11.5. The van der Waals surface area contributed by atoms with Crippen molar-refractivity contribution in [2.45, 2.75) is 5.88 Å². The Labute approximate surface area is 116 Å². The number of rotatable bonds is 5. The Kier molecular flexibility index (Phi) is 4.47. The van der Waals surface area contributed by atoms with Crippen molar-refractivity contribution >= 4 is 11.6 Å². The highest BCUT2D eigenvalue weighted by atomic mass is 35.5. The topological polar surface area (TPSA) is 40.6 Å². The van der Waals surface area contributed by atoms with Crippen LogP contribution in [-0.4, -0.2) is 19.2 Å². The van der Waals surface area contributed by atoms with Crippen LogP contribution in [0, 0.1) is 0 Å². The third-order valence-corrected chi connectivity index (χ3v) is 2.79. The third-order valence-electron chi connectivity index (χ3n) is 2.48. The summed E-state index contributed by atoms with van der Waals surface area (Å²) in [5.41, 5.74) is 0.897. The van der Waals surface area contributed by atoms with Gasteiger partial charge in [0.15, 0.2) is 0 Å². The van der Waals surface area contributed by atoms with Crippen LogP contribution in [0.15, 0.2) is 36.7 Å². The first kappa shape index (κ1) is 13.5. The monoisotopic (exact) mass is 279 g/mol. The van der Waals surface area contributed by atoms with Crippen LogP contribution in [0.1, 0.15) is 5.56 Å². The van der Waals surface area contributed by atoms with E-state index >= 15 is 0 Å². The summed E-state index contributed by atoms with van der Waals surface area (Å²) in [4.78, 5) is 4.06. The van der Waals surface area contributed by atoms with Crippen molar-refractivity contribution in [2.75, 3.05) is 14.2 Å². The smallest absolute Gasteiger partial charge is 0.146 e. The second-order valence-electron chi connectivity index (χ2n) is 3.81. The van der Waals surface area contributed by atoms with Crippen molar-refractivity contribution in [3.63, 3.8) is 0 Å². The fraction of sp³-hybridized carbons (Fsp3) is 0.214. The molecule has 0 saturated heterocycles. The molecule has 0 fully saturated rings. The second kappa shape index (κ2) is 6.29. The van der Waals surface area contributed by atoms with Crippen LogP contribution >= 0.6 is 11.6 Å². The van der Waals surface area contributed by atoms with Crippen LogP contribution < -0.4 is 14.2 Å². The molecule has 0 N–H and O–H groups in total. The van der Waals surface area contributed by atoms with Gasteiger partial charge >= 0.3 is 0 Å². The molecule has 0 radical (unpaired) electrons. The molecule has 0 unspecified atom stereocenters. The zero-order chi connectivity index (χ0) is 13.7. The van der Waals surface area contributed by atoms with E-state index in [-0.39, 0.29) is 0 Å². The van der Waals surface area contributed by atoms with E-state index in [1.165, 1.54) is 0 Å². The highest BCUT2D eigenvalue weighted by Gasteiger charge is 2.05. The van der Waals surface area contributed by atoms with E-state index in [0.717, 1.165) is 5.56 Å². The summed E-state index contributed by atoms with van der Waals surface area (Å²) >= 11 is 5.76. The summed E-state index contributed by atoms with van der Waals surface area (Å²) in [7, 11) is 3.18. The van der Waals surface area contributed by atoms with E-state index in [2.05, 4.69) is 4.98 Å². The Morgan fingerprint density at radius 2 is 1.53 bits per heavy atom. The molecule has 0 aliphatic rings. The van der Waals surface area contributed by atoms with Crippen molar-refractivity contribution in [1.82, 2.24) is 4.98 Å². The largest absolute Gasteiger partial charge is 0.496 e. The Morgan fingerprint density at radius 1 is 0.895 bits per heavy atom. The number of aromatic nitrogens is 1. The SMILES string of the molecule is COc1cc(OC)cc(Oc2cncc(CCl)c2)c1. The van der Waals surface area contributed by atoms with Gasteiger partial charge < -0.3 is 14.2 Å². The van der Waals surface area contributed by atoms with Gasteiger partial charge in [0.1, 0.15) is 23.0 Å². The minimum absolute atomic E-state index is 0.394. The van der Waals surface area contributed by atoms with E-state index in [1.807, 2.05) is 6.07 Å². The standard InChI is InChI=1S/C14H14ClNO3/c1-17-11-4-12(18-2)6-13(5-11)19-14-3-10(7-15)8-16-9-14/h3-6,8-9H,7H2,1-2H3. The molecule has 0 aliphatic carbocycles. The van der Waals surface area contributed by atoms with Crippen molar-refractivity contribution in [1.29, 1.82) is 0 Å². The van der Waals surface area contributed by atoms with Gasteiger partial charge in [-0.1, -0.05) is 0 Å². The lowest BCUT2D eigenvalue weighted by atomic mass is 10.3. The first-order valence-corrected chi connectivity index (χ1v) is 6.19. The minimum Gasteiger partial charge on any atom is -0.496 e. The van der Waals surface area contributed by atoms with Crippen LogP contribution in [0.25, 0.3) is 0 Å². The highest BCUT2D eigenvalue weighted by Crippen LogP contribution is 2.30. The molecule has 2 rings (SSSR count). The molecular formula is C14H14ClNO3. The normalized spacial score (nSPS) is 10.1. The molecule has 2 aromatic rings. The lowest BCUT2D eigenvalue weighted by molar-refractivity contribution is 0.386. The van der Waals surface area contributed by atoms with E-state index < -0.39 is 0 Å². The summed E-state index contributed by atoms with van der Waals surface area (Å²) in [5, 5.41) is 0. The van der Waals surface area contributed by atoms with E-state index in [4.69, 9.17) is 25.8 Å². The molecule has 0 atom stereocenters. The van der Waals surface area contributed by atoms with Gasteiger partial charge in [0.2, 0.25) is 0 Å². The first-order valence-electron chi connectivity index (χ1n) is 5.66. The second-order valence-corrected chi connectivity index (χ2v) is 4.08. The number of methoxy groups -OCH3 is 2. The number of hydrogen-bond acceptors (Lipinski definition) is 4. The molecule has 4 nitrogen and oxygen atoms in total. The Hall–Kier alpha value is -1.94. The number of ether oxygens (including phenoxy) is 3. The number of nitrogens with zero attached hydrogens (tertiary/aromatic N) is 1. The lowest BCUT2D eigenvalue weighted by Crippen LogP contribution is -1.91. The average Bonchev–Trinajstić information content (AvgIpc) is 2.47. The molecule has 19 heavy (non-hydrogen) atoms. The molecule has 5 heteroatoms. The summed E-state index contributed by atoms with van der Waals surface area (Å²) in [5.74, 6) is 2.95. The predicted octanol–water partition coefficient (Wildman–Crippen LogP) is 3.63. The molecule has 0 spiro atoms. The average molecular weight is 280 g/mol. The molecule has 0 amide bonds. The molecule has 0 aliphatic heterocycles. The lowest BCUT2D eigenvalue weighted by Gasteiger charge is -2.10. The zero-order valence-electron chi connectivity index (χ0n) is 10.7. The molecule has 1 aromatic carbocycles. The van der Waals surface area contributed by atoms with Crippen molar-refractivity contribution in [3.05, 3.63) is 42.2 Å². The van der Waals surface area contributed by atoms with E-state index in [9.17, 15) is 0 Å². The van der Waals surface area contributed by atoms with Gasteiger partial charge in [0.05, 0.1) is 20.4 Å². The van der Waals surface area contributed by atoms with Gasteiger partial charge in [0.25, 0.3) is 0 Å². The van der Waals surface area contributed by atoms with Crippen LogP contribution in [0.3, 0.4) is 0 Å². The minimum atomic E-state index is 0.394. The Morgan fingerprint density at radius 3 is 2.11 bits per heavy atom. The van der Waals surface area contributed by atoms with Crippen molar-refractivity contribution in [3.8, 4) is 23.0 Å². The summed E-state index contributed by atoms with van der Waals surface area (Å²) in [6.45, 7) is 0. The van der Waals surface area contributed by atoms with Gasteiger partial charge in [-0.25, -0.2) is 0 Å². The summed E-state index contributed by atoms with van der Waals surface area (Å²) in [6.07, 6.45) is 3.33. The van der Waals surface area contributed by atoms with Gasteiger partial charge in [-0.2, -0.15) is 0 Å². The highest BCUT2D eigenvalue weighted by molar-refractivity contribution is 6.17. The first-order chi connectivity index (χ1) is 9.25. The fourth-order valence-corrected chi connectivity index (χ4v) is 1.72. The molecule has 1 aromatic heterocycles. The maximum atomic E-state index is 5.76. The maximum absolute atomic E-state index is 5.76. The maximum Gasteiger partial charge on any atom is 0.146 e. The van der Waals surface area contributed by atoms with E-state index in [1.54, 1.807) is 44.8 Å². The van der Waals surface area contributed by atoms with Crippen LogP contribution in [0.2, 0.25) is 0 Å². The Balaban J connectivity index is 2.26. The third kappa shape index (κ3) is 3.51. The molecule has 0 saturated carbocycles. The van der Waals surface area contributed by atoms with Crippen molar-refractivity contribution < 1.29 is 14.2 Å². The Bertz CT molecular complexity index is 538.